The van der Waals surface area contributed by atoms with E-state index in [9.17, 15) is 0 Å². The van der Waals surface area contributed by atoms with Crippen LogP contribution in [0, 0.1) is 23.7 Å². The number of aryl methyl sites for hydroxylation is 1. The molecule has 0 amide bonds. The van der Waals surface area contributed by atoms with Gasteiger partial charge in [0.2, 0.25) is 0 Å². The van der Waals surface area contributed by atoms with E-state index in [4.69, 9.17) is 10.00 Å². The lowest BCUT2D eigenvalue weighted by Crippen LogP contribution is -2.30. The minimum atomic E-state index is -0.346. The van der Waals surface area contributed by atoms with E-state index in [0.29, 0.717) is 13.2 Å². The molecule has 0 fully saturated rings. The zero-order valence-corrected chi connectivity index (χ0v) is 11.9. The predicted octanol–water partition coefficient (Wildman–Crippen LogP) is 3.38. The highest BCUT2D eigenvalue weighted by molar-refractivity contribution is 5.52. The van der Waals surface area contributed by atoms with Crippen molar-refractivity contribution in [1.82, 2.24) is 0 Å². The number of benzene rings is 1. The van der Waals surface area contributed by atoms with Crippen LogP contribution >= 0.6 is 0 Å². The number of hydrogen-bond acceptors (Lipinski definition) is 3. The molecule has 0 bridgehead atoms. The number of hydrogen-bond donors (Lipinski definition) is 0. The standard InChI is InChI=1S/C15H22N2O/c1-6-18-14-8-7-13(9-12(14)2)17(5)11-15(3,4)10-16/h7-9H,6,11H2,1-5H3. The van der Waals surface area contributed by atoms with Crippen LogP contribution in [0.1, 0.15) is 26.3 Å². The number of anilines is 1. The molecule has 0 saturated carbocycles. The van der Waals surface area contributed by atoms with Gasteiger partial charge in [0.1, 0.15) is 5.75 Å². The molecule has 0 heterocycles. The molecule has 0 aromatic heterocycles. The van der Waals surface area contributed by atoms with Crippen LogP contribution in [0.5, 0.6) is 5.75 Å². The molecule has 0 atom stereocenters. The first-order chi connectivity index (χ1) is 8.39. The summed E-state index contributed by atoms with van der Waals surface area (Å²) in [5, 5.41) is 9.06. The maximum absolute atomic E-state index is 9.06. The highest BCUT2D eigenvalue weighted by Gasteiger charge is 2.19. The monoisotopic (exact) mass is 246 g/mol. The number of nitriles is 1. The van der Waals surface area contributed by atoms with Gasteiger partial charge >= 0.3 is 0 Å². The molecule has 0 aliphatic rings. The molecule has 3 nitrogen and oxygen atoms in total. The van der Waals surface area contributed by atoms with Crippen molar-refractivity contribution in [3.8, 4) is 11.8 Å². The third kappa shape index (κ3) is 3.66. The zero-order chi connectivity index (χ0) is 13.8. The molecule has 0 aliphatic heterocycles. The third-order valence-electron chi connectivity index (χ3n) is 2.83. The number of rotatable bonds is 5. The van der Waals surface area contributed by atoms with Crippen molar-refractivity contribution in [2.24, 2.45) is 5.41 Å². The van der Waals surface area contributed by atoms with Crippen LogP contribution in [-0.4, -0.2) is 20.2 Å². The lowest BCUT2D eigenvalue weighted by atomic mass is 9.95. The first-order valence-electron chi connectivity index (χ1n) is 6.25. The summed E-state index contributed by atoms with van der Waals surface area (Å²) < 4.78 is 5.52. The summed E-state index contributed by atoms with van der Waals surface area (Å²) in [5.41, 5.74) is 1.89. The fourth-order valence-electron chi connectivity index (χ4n) is 1.91. The summed E-state index contributed by atoms with van der Waals surface area (Å²) in [5.74, 6) is 0.925. The first-order valence-corrected chi connectivity index (χ1v) is 6.25. The van der Waals surface area contributed by atoms with Crippen molar-refractivity contribution in [3.05, 3.63) is 23.8 Å². The van der Waals surface area contributed by atoms with E-state index in [0.717, 1.165) is 17.0 Å². The predicted molar refractivity (Wildman–Crippen MR) is 75.0 cm³/mol. The van der Waals surface area contributed by atoms with Crippen LogP contribution in [0.4, 0.5) is 5.69 Å². The molecule has 1 aromatic carbocycles. The van der Waals surface area contributed by atoms with Crippen LogP contribution in [0.25, 0.3) is 0 Å². The third-order valence-corrected chi connectivity index (χ3v) is 2.83. The van der Waals surface area contributed by atoms with Crippen LogP contribution in [0.3, 0.4) is 0 Å². The Balaban J connectivity index is 2.85. The maximum atomic E-state index is 9.06. The second-order valence-electron chi connectivity index (χ2n) is 5.23. The summed E-state index contributed by atoms with van der Waals surface area (Å²) in [7, 11) is 2.01. The van der Waals surface area contributed by atoms with Crippen LogP contribution in [0.2, 0.25) is 0 Å². The zero-order valence-electron chi connectivity index (χ0n) is 11.9. The van der Waals surface area contributed by atoms with Gasteiger partial charge in [-0.3, -0.25) is 0 Å². The van der Waals surface area contributed by atoms with Crippen LogP contribution in [0.15, 0.2) is 18.2 Å². The van der Waals surface area contributed by atoms with Gasteiger partial charge < -0.3 is 9.64 Å². The fraction of sp³-hybridized carbons (Fsp3) is 0.533. The Bertz CT molecular complexity index is 446. The van der Waals surface area contributed by atoms with Gasteiger partial charge in [-0.2, -0.15) is 5.26 Å². The Morgan fingerprint density at radius 1 is 1.39 bits per heavy atom. The SMILES string of the molecule is CCOc1ccc(N(C)CC(C)(C)C#N)cc1C. The molecule has 0 radical (unpaired) electrons. The Labute approximate surface area is 110 Å². The molecular formula is C15H22N2O. The van der Waals surface area contributed by atoms with Gasteiger partial charge in [0.15, 0.2) is 0 Å². The van der Waals surface area contributed by atoms with Gasteiger partial charge in [-0.25, -0.2) is 0 Å². The van der Waals surface area contributed by atoms with Gasteiger partial charge in [-0.15, -0.1) is 0 Å². The molecule has 0 unspecified atom stereocenters. The van der Waals surface area contributed by atoms with E-state index in [1.165, 1.54) is 0 Å². The summed E-state index contributed by atoms with van der Waals surface area (Å²) in [6.45, 7) is 9.30. The van der Waals surface area contributed by atoms with Crippen molar-refractivity contribution >= 4 is 5.69 Å². The van der Waals surface area contributed by atoms with Crippen LogP contribution < -0.4 is 9.64 Å². The Hall–Kier alpha value is -1.69. The van der Waals surface area contributed by atoms with E-state index in [1.54, 1.807) is 0 Å². The molecule has 98 valence electrons. The Morgan fingerprint density at radius 3 is 2.56 bits per heavy atom. The van der Waals surface area contributed by atoms with E-state index < -0.39 is 0 Å². The van der Waals surface area contributed by atoms with E-state index in [-0.39, 0.29) is 5.41 Å². The average molecular weight is 246 g/mol. The van der Waals surface area contributed by atoms with Gasteiger partial charge in [0.25, 0.3) is 0 Å². The molecule has 1 rings (SSSR count). The quantitative estimate of drug-likeness (QED) is 0.799. The lowest BCUT2D eigenvalue weighted by Gasteiger charge is -2.26. The summed E-state index contributed by atoms with van der Waals surface area (Å²) in [6, 6.07) is 8.44. The van der Waals surface area contributed by atoms with Crippen molar-refractivity contribution < 1.29 is 4.74 Å². The van der Waals surface area contributed by atoms with E-state index >= 15 is 0 Å². The van der Waals surface area contributed by atoms with Gasteiger partial charge in [0.05, 0.1) is 18.1 Å². The molecule has 18 heavy (non-hydrogen) atoms. The minimum absolute atomic E-state index is 0.346. The highest BCUT2D eigenvalue weighted by atomic mass is 16.5. The fourth-order valence-corrected chi connectivity index (χ4v) is 1.91. The van der Waals surface area contributed by atoms with Crippen molar-refractivity contribution in [2.45, 2.75) is 27.7 Å². The second-order valence-corrected chi connectivity index (χ2v) is 5.23. The Kier molecular flexibility index (Phi) is 4.61. The largest absolute Gasteiger partial charge is 0.494 e. The lowest BCUT2D eigenvalue weighted by molar-refractivity contribution is 0.338. The first kappa shape index (κ1) is 14.4. The molecule has 0 spiro atoms. The normalized spacial score (nSPS) is 10.9. The summed E-state index contributed by atoms with van der Waals surface area (Å²) >= 11 is 0. The Morgan fingerprint density at radius 2 is 2.06 bits per heavy atom. The van der Waals surface area contributed by atoms with E-state index in [1.807, 2.05) is 46.9 Å². The second kappa shape index (κ2) is 5.77. The molecule has 0 N–H and O–H groups in total. The number of ether oxygens (including phenoxy) is 1. The van der Waals surface area contributed by atoms with Gasteiger partial charge in [0, 0.05) is 19.3 Å². The molecule has 3 heteroatoms. The highest BCUT2D eigenvalue weighted by Crippen LogP contribution is 2.26. The summed E-state index contributed by atoms with van der Waals surface area (Å²) in [6.07, 6.45) is 0. The molecular weight excluding hydrogens is 224 g/mol. The smallest absolute Gasteiger partial charge is 0.122 e. The van der Waals surface area contributed by atoms with Crippen molar-refractivity contribution in [3.63, 3.8) is 0 Å². The maximum Gasteiger partial charge on any atom is 0.122 e. The number of nitrogens with zero attached hydrogens (tertiary/aromatic N) is 2. The average Bonchev–Trinajstić information content (AvgIpc) is 2.31. The molecule has 0 saturated heterocycles. The van der Waals surface area contributed by atoms with Gasteiger partial charge in [-0.05, 0) is 51.5 Å². The molecule has 1 aromatic rings. The summed E-state index contributed by atoms with van der Waals surface area (Å²) in [4.78, 5) is 2.10. The molecule has 0 aliphatic carbocycles. The van der Waals surface area contributed by atoms with Crippen molar-refractivity contribution in [2.75, 3.05) is 25.1 Å². The van der Waals surface area contributed by atoms with E-state index in [2.05, 4.69) is 17.0 Å². The van der Waals surface area contributed by atoms with Gasteiger partial charge in [-0.1, -0.05) is 0 Å². The minimum Gasteiger partial charge on any atom is -0.494 e. The van der Waals surface area contributed by atoms with Crippen LogP contribution in [-0.2, 0) is 0 Å². The van der Waals surface area contributed by atoms with Crippen molar-refractivity contribution in [1.29, 1.82) is 5.26 Å². The topological polar surface area (TPSA) is 36.3 Å².